The van der Waals surface area contributed by atoms with Crippen LogP contribution in [0.3, 0.4) is 0 Å². The van der Waals surface area contributed by atoms with Gasteiger partial charge >= 0.3 is 5.97 Å². The monoisotopic (exact) mass is 205 g/mol. The molecule has 0 aliphatic rings. The number of aliphatic carboxylic acids is 1. The van der Waals surface area contributed by atoms with Crippen LogP contribution in [0.5, 0.6) is 0 Å². The molecule has 1 unspecified atom stereocenters. The SMILES string of the molecule is C#CCC(Nc1cc(C)ncn1)C(=O)O. The number of aryl methyl sites for hydroxylation is 1. The van der Waals surface area contributed by atoms with Gasteiger partial charge in [0.05, 0.1) is 0 Å². The number of rotatable bonds is 4. The highest BCUT2D eigenvalue weighted by molar-refractivity contribution is 5.77. The minimum Gasteiger partial charge on any atom is -0.480 e. The molecule has 78 valence electrons. The van der Waals surface area contributed by atoms with Crippen molar-refractivity contribution in [3.63, 3.8) is 0 Å². The van der Waals surface area contributed by atoms with Crippen LogP contribution in [0.15, 0.2) is 12.4 Å². The summed E-state index contributed by atoms with van der Waals surface area (Å²) in [6, 6.07) is 0.844. The van der Waals surface area contributed by atoms with Crippen LogP contribution in [0, 0.1) is 19.3 Å². The van der Waals surface area contributed by atoms with Gasteiger partial charge in [0.2, 0.25) is 0 Å². The Morgan fingerprint density at radius 2 is 2.47 bits per heavy atom. The van der Waals surface area contributed by atoms with Gasteiger partial charge in [0.25, 0.3) is 0 Å². The molecule has 0 aliphatic carbocycles. The number of anilines is 1. The van der Waals surface area contributed by atoms with E-state index in [0.717, 1.165) is 5.69 Å². The molecule has 1 heterocycles. The highest BCUT2D eigenvalue weighted by Gasteiger charge is 2.15. The van der Waals surface area contributed by atoms with Crippen LogP contribution in [0.4, 0.5) is 5.82 Å². The van der Waals surface area contributed by atoms with Gasteiger partial charge < -0.3 is 10.4 Å². The van der Waals surface area contributed by atoms with Crippen molar-refractivity contribution in [1.29, 1.82) is 0 Å². The molecule has 15 heavy (non-hydrogen) atoms. The Balaban J connectivity index is 2.75. The van der Waals surface area contributed by atoms with Gasteiger partial charge in [-0.15, -0.1) is 12.3 Å². The molecule has 5 nitrogen and oxygen atoms in total. The summed E-state index contributed by atoms with van der Waals surface area (Å²) in [7, 11) is 0. The fraction of sp³-hybridized carbons (Fsp3) is 0.300. The quantitative estimate of drug-likeness (QED) is 0.707. The van der Waals surface area contributed by atoms with Crippen LogP contribution in [0.1, 0.15) is 12.1 Å². The summed E-state index contributed by atoms with van der Waals surface area (Å²) in [6.07, 6.45) is 6.54. The van der Waals surface area contributed by atoms with Crippen LogP contribution in [0.25, 0.3) is 0 Å². The third-order valence-electron chi connectivity index (χ3n) is 1.75. The number of hydrogen-bond donors (Lipinski definition) is 2. The number of nitrogens with one attached hydrogen (secondary N) is 1. The van der Waals surface area contributed by atoms with Crippen molar-refractivity contribution in [2.45, 2.75) is 19.4 Å². The lowest BCUT2D eigenvalue weighted by Gasteiger charge is -2.11. The Morgan fingerprint density at radius 3 is 3.00 bits per heavy atom. The number of aromatic nitrogens is 2. The summed E-state index contributed by atoms with van der Waals surface area (Å²) in [5.41, 5.74) is 0.761. The Kier molecular flexibility index (Phi) is 3.63. The summed E-state index contributed by atoms with van der Waals surface area (Å²) in [5, 5.41) is 11.6. The van der Waals surface area contributed by atoms with Crippen LogP contribution < -0.4 is 5.32 Å². The van der Waals surface area contributed by atoms with Crippen molar-refractivity contribution in [3.8, 4) is 12.3 Å². The molecule has 0 saturated carbocycles. The van der Waals surface area contributed by atoms with Gasteiger partial charge in [-0.1, -0.05) is 0 Å². The fourth-order valence-corrected chi connectivity index (χ4v) is 1.03. The number of nitrogens with zero attached hydrogens (tertiary/aromatic N) is 2. The van der Waals surface area contributed by atoms with Crippen LogP contribution in [0.2, 0.25) is 0 Å². The van der Waals surface area contributed by atoms with E-state index in [1.54, 1.807) is 13.0 Å². The molecule has 0 aliphatic heterocycles. The van der Waals surface area contributed by atoms with Gasteiger partial charge in [0.15, 0.2) is 0 Å². The molecule has 1 aromatic rings. The summed E-state index contributed by atoms with van der Waals surface area (Å²) < 4.78 is 0. The summed E-state index contributed by atoms with van der Waals surface area (Å²) in [5.74, 6) is 1.76. The Hall–Kier alpha value is -2.09. The number of hydrogen-bond acceptors (Lipinski definition) is 4. The highest BCUT2D eigenvalue weighted by Crippen LogP contribution is 2.06. The molecule has 0 saturated heterocycles. The zero-order chi connectivity index (χ0) is 11.3. The molecule has 1 atom stereocenters. The molecule has 0 amide bonds. The number of carboxylic acid groups (broad SMARTS) is 1. The van der Waals surface area contributed by atoms with E-state index < -0.39 is 12.0 Å². The maximum absolute atomic E-state index is 10.8. The van der Waals surface area contributed by atoms with E-state index in [9.17, 15) is 4.79 Å². The maximum Gasteiger partial charge on any atom is 0.327 e. The summed E-state index contributed by atoms with van der Waals surface area (Å²) >= 11 is 0. The second-order valence-corrected chi connectivity index (χ2v) is 2.99. The number of carboxylic acids is 1. The topological polar surface area (TPSA) is 75.1 Å². The van der Waals surface area contributed by atoms with Crippen LogP contribution >= 0.6 is 0 Å². The van der Waals surface area contributed by atoms with E-state index in [1.165, 1.54) is 6.33 Å². The van der Waals surface area contributed by atoms with Crippen LogP contribution in [-0.2, 0) is 4.79 Å². The Bertz CT molecular complexity index is 398. The molecule has 5 heteroatoms. The normalized spacial score (nSPS) is 11.5. The largest absolute Gasteiger partial charge is 0.480 e. The molecule has 0 spiro atoms. The van der Waals surface area contributed by atoms with Crippen molar-refractivity contribution >= 4 is 11.8 Å². The first-order chi connectivity index (χ1) is 7.13. The van der Waals surface area contributed by atoms with Gasteiger partial charge in [0, 0.05) is 18.2 Å². The Morgan fingerprint density at radius 1 is 1.73 bits per heavy atom. The second kappa shape index (κ2) is 4.96. The Labute approximate surface area is 87.6 Å². The molecule has 0 bridgehead atoms. The molecule has 1 rings (SSSR count). The molecule has 1 aromatic heterocycles. The standard InChI is InChI=1S/C10H11N3O2/c1-3-4-8(10(14)15)13-9-5-7(2)11-6-12-9/h1,5-6,8H,4H2,2H3,(H,14,15)(H,11,12,13). The van der Waals surface area contributed by atoms with Crippen molar-refractivity contribution in [2.24, 2.45) is 0 Å². The predicted octanol–water partition coefficient (Wildman–Crippen LogP) is 0.673. The minimum atomic E-state index is -0.996. The average molecular weight is 205 g/mol. The van der Waals surface area contributed by atoms with Crippen molar-refractivity contribution in [3.05, 3.63) is 18.1 Å². The first-order valence-electron chi connectivity index (χ1n) is 4.35. The van der Waals surface area contributed by atoms with Gasteiger partial charge in [-0.05, 0) is 6.92 Å². The lowest BCUT2D eigenvalue weighted by molar-refractivity contribution is -0.137. The minimum absolute atomic E-state index is 0.110. The molecule has 2 N–H and O–H groups in total. The zero-order valence-corrected chi connectivity index (χ0v) is 8.27. The molecule has 0 aromatic carbocycles. The average Bonchev–Trinajstić information content (AvgIpc) is 2.17. The van der Waals surface area contributed by atoms with E-state index in [2.05, 4.69) is 21.2 Å². The van der Waals surface area contributed by atoms with Gasteiger partial charge in [-0.2, -0.15) is 0 Å². The van der Waals surface area contributed by atoms with E-state index in [0.29, 0.717) is 5.82 Å². The zero-order valence-electron chi connectivity index (χ0n) is 8.27. The van der Waals surface area contributed by atoms with Gasteiger partial charge in [0.1, 0.15) is 18.2 Å². The first kappa shape index (κ1) is 11.0. The molecular weight excluding hydrogens is 194 g/mol. The van der Waals surface area contributed by atoms with Gasteiger partial charge in [-0.25, -0.2) is 14.8 Å². The number of terminal acetylenes is 1. The number of carbonyl (C=O) groups is 1. The van der Waals surface area contributed by atoms with E-state index >= 15 is 0 Å². The molecular formula is C10H11N3O2. The fourth-order valence-electron chi connectivity index (χ4n) is 1.03. The second-order valence-electron chi connectivity index (χ2n) is 2.99. The maximum atomic E-state index is 10.8. The summed E-state index contributed by atoms with van der Waals surface area (Å²) in [4.78, 5) is 18.6. The third kappa shape index (κ3) is 3.27. The third-order valence-corrected chi connectivity index (χ3v) is 1.75. The van der Waals surface area contributed by atoms with Gasteiger partial charge in [-0.3, -0.25) is 0 Å². The van der Waals surface area contributed by atoms with Crippen molar-refractivity contribution < 1.29 is 9.90 Å². The highest BCUT2D eigenvalue weighted by atomic mass is 16.4. The molecule has 0 radical (unpaired) electrons. The van der Waals surface area contributed by atoms with E-state index in [4.69, 9.17) is 11.5 Å². The summed E-state index contributed by atoms with van der Waals surface area (Å²) in [6.45, 7) is 1.80. The van der Waals surface area contributed by atoms with E-state index in [-0.39, 0.29) is 6.42 Å². The first-order valence-corrected chi connectivity index (χ1v) is 4.35. The smallest absolute Gasteiger partial charge is 0.327 e. The van der Waals surface area contributed by atoms with Crippen molar-refractivity contribution in [1.82, 2.24) is 9.97 Å². The lowest BCUT2D eigenvalue weighted by Crippen LogP contribution is -2.29. The van der Waals surface area contributed by atoms with E-state index in [1.807, 2.05) is 0 Å². The van der Waals surface area contributed by atoms with Crippen molar-refractivity contribution in [2.75, 3.05) is 5.32 Å². The van der Waals surface area contributed by atoms with Crippen LogP contribution in [-0.4, -0.2) is 27.1 Å². The lowest BCUT2D eigenvalue weighted by atomic mass is 10.2. The predicted molar refractivity (Wildman–Crippen MR) is 55.3 cm³/mol. The molecule has 0 fully saturated rings.